The average Bonchev–Trinajstić information content (AvgIpc) is 2.46. The molecule has 4 heteroatoms. The van der Waals surface area contributed by atoms with Crippen molar-refractivity contribution in [3.05, 3.63) is 58.4 Å². The highest BCUT2D eigenvalue weighted by atomic mass is 35.5. The van der Waals surface area contributed by atoms with Gasteiger partial charge in [-0.3, -0.25) is 4.98 Å². The summed E-state index contributed by atoms with van der Waals surface area (Å²) in [7, 11) is 2.05. The number of nitrogens with zero attached hydrogens (tertiary/aromatic N) is 2. The molecule has 0 amide bonds. The van der Waals surface area contributed by atoms with Crippen molar-refractivity contribution in [2.45, 2.75) is 25.8 Å². The molecule has 106 valence electrons. The molecule has 1 aromatic carbocycles. The third kappa shape index (κ3) is 3.08. The van der Waals surface area contributed by atoms with Gasteiger partial charge in [0.15, 0.2) is 0 Å². The Morgan fingerprint density at radius 2 is 2.00 bits per heavy atom. The van der Waals surface area contributed by atoms with Crippen LogP contribution >= 0.6 is 23.2 Å². The van der Waals surface area contributed by atoms with Crippen LogP contribution in [0.25, 0.3) is 0 Å². The Morgan fingerprint density at radius 1 is 1.30 bits per heavy atom. The second-order valence-corrected chi connectivity index (χ2v) is 5.57. The van der Waals surface area contributed by atoms with Gasteiger partial charge in [0.2, 0.25) is 0 Å². The molecule has 0 saturated heterocycles. The first-order valence-electron chi connectivity index (χ1n) is 6.53. The van der Waals surface area contributed by atoms with Crippen molar-refractivity contribution < 1.29 is 0 Å². The van der Waals surface area contributed by atoms with Gasteiger partial charge in [-0.25, -0.2) is 0 Å². The van der Waals surface area contributed by atoms with E-state index in [1.165, 1.54) is 0 Å². The number of aryl methyl sites for hydroxylation is 1. The predicted molar refractivity (Wildman–Crippen MR) is 86.8 cm³/mol. The molecule has 2 nitrogen and oxygen atoms in total. The highest BCUT2D eigenvalue weighted by Crippen LogP contribution is 2.32. The topological polar surface area (TPSA) is 16.1 Å². The molecule has 0 aliphatic heterocycles. The molecule has 1 unspecified atom stereocenters. The van der Waals surface area contributed by atoms with E-state index in [1.807, 2.05) is 31.3 Å². The van der Waals surface area contributed by atoms with Crippen molar-refractivity contribution in [2.75, 3.05) is 11.9 Å². The zero-order chi connectivity index (χ0) is 14.7. The summed E-state index contributed by atoms with van der Waals surface area (Å²) >= 11 is 12.3. The van der Waals surface area contributed by atoms with Crippen LogP contribution in [0.5, 0.6) is 0 Å². The van der Waals surface area contributed by atoms with E-state index in [-0.39, 0.29) is 6.04 Å². The maximum atomic E-state index is 6.29. The van der Waals surface area contributed by atoms with Gasteiger partial charge < -0.3 is 4.90 Å². The van der Waals surface area contributed by atoms with Gasteiger partial charge in [0.25, 0.3) is 0 Å². The van der Waals surface area contributed by atoms with Crippen LogP contribution in [0.3, 0.4) is 0 Å². The van der Waals surface area contributed by atoms with Crippen molar-refractivity contribution in [1.29, 1.82) is 0 Å². The van der Waals surface area contributed by atoms with Gasteiger partial charge >= 0.3 is 0 Å². The summed E-state index contributed by atoms with van der Waals surface area (Å²) < 4.78 is 0. The number of aromatic nitrogens is 1. The van der Waals surface area contributed by atoms with Crippen LogP contribution in [0, 0.1) is 6.92 Å². The van der Waals surface area contributed by atoms with Crippen molar-refractivity contribution in [3.8, 4) is 0 Å². The lowest BCUT2D eigenvalue weighted by atomic mass is 10.1. The molecule has 2 rings (SSSR count). The Balaban J connectivity index is 2.38. The van der Waals surface area contributed by atoms with Gasteiger partial charge in [0, 0.05) is 35.2 Å². The molecule has 1 heterocycles. The van der Waals surface area contributed by atoms with E-state index in [2.05, 4.69) is 36.0 Å². The Kier molecular flexibility index (Phi) is 4.90. The van der Waals surface area contributed by atoms with Crippen LogP contribution in [0.2, 0.25) is 5.02 Å². The minimum atomic E-state index is 0.160. The lowest BCUT2D eigenvalue weighted by Gasteiger charge is -2.29. The summed E-state index contributed by atoms with van der Waals surface area (Å²) in [5.41, 5.74) is 4.21. The summed E-state index contributed by atoms with van der Waals surface area (Å²) in [4.78, 5) is 6.49. The second-order valence-electron chi connectivity index (χ2n) is 4.90. The monoisotopic (exact) mass is 308 g/mol. The van der Waals surface area contributed by atoms with Crippen LogP contribution in [0.4, 0.5) is 5.69 Å². The molecule has 2 aromatic rings. The minimum Gasteiger partial charge on any atom is -0.367 e. The fourth-order valence-corrected chi connectivity index (χ4v) is 2.74. The number of halogens is 2. The summed E-state index contributed by atoms with van der Waals surface area (Å²) in [5, 5.41) is 0.782. The number of rotatable bonds is 4. The number of alkyl halides is 1. The predicted octanol–water partition coefficient (Wildman–Crippen LogP) is 4.98. The summed E-state index contributed by atoms with van der Waals surface area (Å²) in [6.45, 7) is 4.12. The SMILES string of the molecule is Cc1cc(N(C)C(C)c2ccccc2Cl)c(CCl)cn1. The molecular weight excluding hydrogens is 291 g/mol. The molecule has 0 fully saturated rings. The zero-order valence-electron chi connectivity index (χ0n) is 11.9. The van der Waals surface area contributed by atoms with Gasteiger partial charge in [-0.2, -0.15) is 0 Å². The summed E-state index contributed by atoms with van der Waals surface area (Å²) in [6.07, 6.45) is 1.84. The fourth-order valence-electron chi connectivity index (χ4n) is 2.24. The Bertz CT molecular complexity index is 599. The van der Waals surface area contributed by atoms with Crippen molar-refractivity contribution in [2.24, 2.45) is 0 Å². The van der Waals surface area contributed by atoms with Crippen LogP contribution in [-0.2, 0) is 5.88 Å². The van der Waals surface area contributed by atoms with E-state index >= 15 is 0 Å². The molecule has 0 radical (unpaired) electrons. The zero-order valence-corrected chi connectivity index (χ0v) is 13.4. The first-order chi connectivity index (χ1) is 9.54. The molecular formula is C16H18Cl2N2. The lowest BCUT2D eigenvalue weighted by molar-refractivity contribution is 0.736. The number of pyridine rings is 1. The highest BCUT2D eigenvalue weighted by molar-refractivity contribution is 6.31. The second kappa shape index (κ2) is 6.47. The van der Waals surface area contributed by atoms with Crippen LogP contribution in [0.15, 0.2) is 36.5 Å². The Morgan fingerprint density at radius 3 is 2.65 bits per heavy atom. The van der Waals surface area contributed by atoms with E-state index in [9.17, 15) is 0 Å². The number of benzene rings is 1. The van der Waals surface area contributed by atoms with Gasteiger partial charge in [-0.15, -0.1) is 11.6 Å². The van der Waals surface area contributed by atoms with Gasteiger partial charge in [0.1, 0.15) is 0 Å². The molecule has 1 aromatic heterocycles. The maximum absolute atomic E-state index is 6.29. The molecule has 1 atom stereocenters. The van der Waals surface area contributed by atoms with Crippen molar-refractivity contribution >= 4 is 28.9 Å². The molecule has 0 bridgehead atoms. The first kappa shape index (κ1) is 15.1. The standard InChI is InChI=1S/C16H18Cl2N2/c1-11-8-16(13(9-17)10-19-11)20(3)12(2)14-6-4-5-7-15(14)18/h4-8,10,12H,9H2,1-3H3. The van der Waals surface area contributed by atoms with Crippen LogP contribution in [-0.4, -0.2) is 12.0 Å². The fraction of sp³-hybridized carbons (Fsp3) is 0.312. The molecule has 0 spiro atoms. The van der Waals surface area contributed by atoms with Crippen molar-refractivity contribution in [1.82, 2.24) is 4.98 Å². The van der Waals surface area contributed by atoms with E-state index < -0.39 is 0 Å². The van der Waals surface area contributed by atoms with E-state index in [4.69, 9.17) is 23.2 Å². The Hall–Kier alpha value is -1.25. The van der Waals surface area contributed by atoms with Crippen molar-refractivity contribution in [3.63, 3.8) is 0 Å². The summed E-state index contributed by atoms with van der Waals surface area (Å²) in [6, 6.07) is 10.1. The van der Waals surface area contributed by atoms with E-state index in [0.717, 1.165) is 27.5 Å². The van der Waals surface area contributed by atoms with Crippen LogP contribution in [0.1, 0.15) is 29.8 Å². The quantitative estimate of drug-likeness (QED) is 0.741. The number of hydrogen-bond donors (Lipinski definition) is 0. The minimum absolute atomic E-state index is 0.160. The van der Waals surface area contributed by atoms with E-state index in [0.29, 0.717) is 5.88 Å². The largest absolute Gasteiger partial charge is 0.367 e. The third-order valence-corrected chi connectivity index (χ3v) is 4.19. The summed E-state index contributed by atoms with van der Waals surface area (Å²) in [5.74, 6) is 0.447. The van der Waals surface area contributed by atoms with Crippen LogP contribution < -0.4 is 4.90 Å². The van der Waals surface area contributed by atoms with Gasteiger partial charge in [-0.1, -0.05) is 29.8 Å². The third-order valence-electron chi connectivity index (χ3n) is 3.56. The van der Waals surface area contributed by atoms with Gasteiger partial charge in [-0.05, 0) is 31.5 Å². The average molecular weight is 309 g/mol. The molecule has 0 saturated carbocycles. The smallest absolute Gasteiger partial charge is 0.0525 e. The molecule has 0 N–H and O–H groups in total. The first-order valence-corrected chi connectivity index (χ1v) is 7.44. The highest BCUT2D eigenvalue weighted by Gasteiger charge is 2.17. The number of anilines is 1. The Labute approximate surface area is 130 Å². The number of hydrogen-bond acceptors (Lipinski definition) is 2. The lowest BCUT2D eigenvalue weighted by Crippen LogP contribution is -2.23. The maximum Gasteiger partial charge on any atom is 0.0525 e. The normalized spacial score (nSPS) is 12.2. The molecule has 0 aliphatic rings. The molecule has 0 aliphatic carbocycles. The van der Waals surface area contributed by atoms with E-state index in [1.54, 1.807) is 0 Å². The molecule has 20 heavy (non-hydrogen) atoms. The van der Waals surface area contributed by atoms with Gasteiger partial charge in [0.05, 0.1) is 11.9 Å².